The Bertz CT molecular complexity index is 611. The van der Waals surface area contributed by atoms with Crippen LogP contribution >= 0.6 is 0 Å². The average molecular weight is 312 g/mol. The first-order chi connectivity index (χ1) is 9.32. The fraction of sp³-hybridized carbons (Fsp3) is 0.647. The third kappa shape index (κ3) is 3.86. The molecule has 0 atom stereocenters. The number of benzene rings is 1. The number of hydrogen-bond donors (Lipinski definition) is 1. The monoisotopic (exact) mass is 312 g/mol. The van der Waals surface area contributed by atoms with Gasteiger partial charge in [0.05, 0.1) is 4.90 Å². The predicted molar refractivity (Wildman–Crippen MR) is 87.4 cm³/mol. The lowest BCUT2D eigenvalue weighted by molar-refractivity contribution is 0.369. The van der Waals surface area contributed by atoms with E-state index in [2.05, 4.69) is 54.5 Å². The van der Waals surface area contributed by atoms with Gasteiger partial charge in [-0.25, -0.2) is 0 Å². The van der Waals surface area contributed by atoms with Crippen molar-refractivity contribution in [2.75, 3.05) is 0 Å². The van der Waals surface area contributed by atoms with E-state index in [0.29, 0.717) is 5.92 Å². The first kappa shape index (κ1) is 18.2. The minimum Gasteiger partial charge on any atom is -0.282 e. The minimum atomic E-state index is -4.20. The molecule has 1 N–H and O–H groups in total. The zero-order valence-corrected chi connectivity index (χ0v) is 15.0. The molecule has 1 aromatic carbocycles. The summed E-state index contributed by atoms with van der Waals surface area (Å²) < 4.78 is 32.7. The van der Waals surface area contributed by atoms with Crippen LogP contribution in [0, 0.1) is 5.92 Å². The summed E-state index contributed by atoms with van der Waals surface area (Å²) >= 11 is 0. The van der Waals surface area contributed by atoms with E-state index in [-0.39, 0.29) is 15.7 Å². The lowest BCUT2D eigenvalue weighted by atomic mass is 9.73. The molecule has 21 heavy (non-hydrogen) atoms. The lowest BCUT2D eigenvalue weighted by Gasteiger charge is -2.33. The van der Waals surface area contributed by atoms with Gasteiger partial charge in [-0.2, -0.15) is 8.42 Å². The van der Waals surface area contributed by atoms with E-state index in [9.17, 15) is 13.0 Å². The zero-order valence-electron chi connectivity index (χ0n) is 14.2. The van der Waals surface area contributed by atoms with Crippen LogP contribution in [0.25, 0.3) is 0 Å². The standard InChI is InChI=1S/C17H28O3S/c1-8-16(4,5)13-9-14(17(6,7)12(2)3)11-15(10-13)21(18,19)20/h9-12H,8H2,1-7H3,(H,18,19,20). The first-order valence-corrected chi connectivity index (χ1v) is 8.90. The summed E-state index contributed by atoms with van der Waals surface area (Å²) in [6.45, 7) is 14.7. The van der Waals surface area contributed by atoms with Gasteiger partial charge in [-0.1, -0.05) is 54.5 Å². The van der Waals surface area contributed by atoms with Gasteiger partial charge in [0.15, 0.2) is 0 Å². The summed E-state index contributed by atoms with van der Waals surface area (Å²) in [5.41, 5.74) is 1.59. The maximum absolute atomic E-state index is 11.6. The summed E-state index contributed by atoms with van der Waals surface area (Å²) in [5, 5.41) is 0. The molecule has 4 heteroatoms. The Morgan fingerprint density at radius 3 is 1.90 bits per heavy atom. The SMILES string of the molecule is CCC(C)(C)c1cc(C(C)(C)C(C)C)cc(S(=O)(=O)O)c1. The fourth-order valence-electron chi connectivity index (χ4n) is 2.05. The van der Waals surface area contributed by atoms with E-state index in [1.807, 2.05) is 0 Å². The Labute approximate surface area is 129 Å². The largest absolute Gasteiger partial charge is 0.294 e. The van der Waals surface area contributed by atoms with Gasteiger partial charge in [-0.3, -0.25) is 4.55 Å². The Morgan fingerprint density at radius 1 is 1.05 bits per heavy atom. The van der Waals surface area contributed by atoms with Crippen molar-refractivity contribution < 1.29 is 13.0 Å². The second-order valence-electron chi connectivity index (χ2n) is 7.33. The van der Waals surface area contributed by atoms with Crippen molar-refractivity contribution in [1.82, 2.24) is 0 Å². The van der Waals surface area contributed by atoms with Gasteiger partial charge in [0.2, 0.25) is 0 Å². The summed E-state index contributed by atoms with van der Waals surface area (Å²) in [6, 6.07) is 5.28. The second kappa shape index (κ2) is 5.73. The van der Waals surface area contributed by atoms with Crippen molar-refractivity contribution in [3.05, 3.63) is 29.3 Å². The molecule has 0 aliphatic carbocycles. The first-order valence-electron chi connectivity index (χ1n) is 7.46. The van der Waals surface area contributed by atoms with E-state index >= 15 is 0 Å². The molecule has 0 aliphatic rings. The third-order valence-corrected chi connectivity index (χ3v) is 5.89. The van der Waals surface area contributed by atoms with Crippen LogP contribution in [0.2, 0.25) is 0 Å². The van der Waals surface area contributed by atoms with Crippen molar-refractivity contribution >= 4 is 10.1 Å². The molecule has 1 rings (SSSR count). The highest BCUT2D eigenvalue weighted by atomic mass is 32.2. The van der Waals surface area contributed by atoms with Crippen molar-refractivity contribution in [2.45, 2.75) is 70.6 Å². The molecule has 0 spiro atoms. The molecule has 0 fully saturated rings. The van der Waals surface area contributed by atoms with Crippen LogP contribution in [-0.4, -0.2) is 13.0 Å². The van der Waals surface area contributed by atoms with Gasteiger partial charge in [-0.15, -0.1) is 0 Å². The van der Waals surface area contributed by atoms with Crippen LogP contribution in [0.5, 0.6) is 0 Å². The van der Waals surface area contributed by atoms with Gasteiger partial charge in [0, 0.05) is 0 Å². The molecule has 3 nitrogen and oxygen atoms in total. The van der Waals surface area contributed by atoms with Gasteiger partial charge in [-0.05, 0) is 46.4 Å². The van der Waals surface area contributed by atoms with Gasteiger partial charge in [0.25, 0.3) is 10.1 Å². The number of hydrogen-bond acceptors (Lipinski definition) is 2. The topological polar surface area (TPSA) is 54.4 Å². The molecule has 0 unspecified atom stereocenters. The summed E-state index contributed by atoms with van der Waals surface area (Å²) in [4.78, 5) is -0.00903. The Kier molecular flexibility index (Phi) is 4.96. The lowest BCUT2D eigenvalue weighted by Crippen LogP contribution is -2.26. The van der Waals surface area contributed by atoms with Crippen molar-refractivity contribution in [1.29, 1.82) is 0 Å². The van der Waals surface area contributed by atoms with E-state index < -0.39 is 10.1 Å². The van der Waals surface area contributed by atoms with Crippen LogP contribution < -0.4 is 0 Å². The van der Waals surface area contributed by atoms with Crippen LogP contribution in [0.3, 0.4) is 0 Å². The smallest absolute Gasteiger partial charge is 0.282 e. The molecule has 0 radical (unpaired) electrons. The second-order valence-corrected chi connectivity index (χ2v) is 8.76. The van der Waals surface area contributed by atoms with Crippen LogP contribution in [0.1, 0.15) is 66.0 Å². The van der Waals surface area contributed by atoms with Crippen LogP contribution in [0.4, 0.5) is 0 Å². The van der Waals surface area contributed by atoms with Crippen molar-refractivity contribution in [3.8, 4) is 0 Å². The van der Waals surface area contributed by atoms with E-state index in [4.69, 9.17) is 0 Å². The van der Waals surface area contributed by atoms with E-state index in [1.54, 1.807) is 12.1 Å². The Morgan fingerprint density at radius 2 is 1.52 bits per heavy atom. The summed E-state index contributed by atoms with van der Waals surface area (Å²) in [5.74, 6) is 0.353. The molecular weight excluding hydrogens is 284 g/mol. The minimum absolute atomic E-state index is 0.00903. The molecule has 0 aromatic heterocycles. The quantitative estimate of drug-likeness (QED) is 0.811. The summed E-state index contributed by atoms with van der Waals surface area (Å²) in [6.07, 6.45) is 0.892. The zero-order chi connectivity index (χ0) is 16.6. The Balaban J connectivity index is 3.65. The highest BCUT2D eigenvalue weighted by molar-refractivity contribution is 7.85. The molecule has 0 amide bonds. The molecule has 0 aliphatic heterocycles. The molecular formula is C17H28O3S. The fourth-order valence-corrected chi connectivity index (χ4v) is 2.60. The summed E-state index contributed by atoms with van der Waals surface area (Å²) in [7, 11) is -4.20. The Hall–Kier alpha value is -0.870. The highest BCUT2D eigenvalue weighted by Crippen LogP contribution is 2.37. The number of rotatable bonds is 5. The molecule has 0 bridgehead atoms. The van der Waals surface area contributed by atoms with E-state index in [1.165, 1.54) is 0 Å². The van der Waals surface area contributed by atoms with Gasteiger partial charge < -0.3 is 0 Å². The molecule has 0 saturated carbocycles. The molecule has 120 valence electrons. The normalized spacial score (nSPS) is 13.8. The van der Waals surface area contributed by atoms with Crippen LogP contribution in [-0.2, 0) is 20.9 Å². The predicted octanol–water partition coefficient (Wildman–Crippen LogP) is 4.55. The van der Waals surface area contributed by atoms with Crippen LogP contribution in [0.15, 0.2) is 23.1 Å². The molecule has 1 aromatic rings. The maximum atomic E-state index is 11.6. The highest BCUT2D eigenvalue weighted by Gasteiger charge is 2.29. The van der Waals surface area contributed by atoms with Gasteiger partial charge >= 0.3 is 0 Å². The molecule has 0 saturated heterocycles. The average Bonchev–Trinajstić information content (AvgIpc) is 2.36. The molecule has 0 heterocycles. The third-order valence-electron chi connectivity index (χ3n) is 5.06. The van der Waals surface area contributed by atoms with Gasteiger partial charge in [0.1, 0.15) is 0 Å². The maximum Gasteiger partial charge on any atom is 0.294 e. The van der Waals surface area contributed by atoms with Crippen molar-refractivity contribution in [3.63, 3.8) is 0 Å². The van der Waals surface area contributed by atoms with E-state index in [0.717, 1.165) is 17.5 Å². The van der Waals surface area contributed by atoms with Crippen molar-refractivity contribution in [2.24, 2.45) is 5.92 Å².